The van der Waals surface area contributed by atoms with Crippen molar-refractivity contribution in [3.63, 3.8) is 0 Å². The summed E-state index contributed by atoms with van der Waals surface area (Å²) in [5, 5.41) is 0. The number of nitrogens with zero attached hydrogens (tertiary/aromatic N) is 3. The van der Waals surface area contributed by atoms with E-state index in [1.54, 1.807) is 0 Å². The van der Waals surface area contributed by atoms with Crippen LogP contribution in [0.4, 0.5) is 0 Å². The molecule has 0 radical (unpaired) electrons. The van der Waals surface area contributed by atoms with Gasteiger partial charge in [-0.05, 0) is 39.8 Å². The molecule has 0 atom stereocenters. The highest BCUT2D eigenvalue weighted by atomic mass is 31.2. The lowest BCUT2D eigenvalue weighted by Crippen LogP contribution is -1.82. The molecule has 0 aromatic rings. The molecule has 0 fully saturated rings. The van der Waals surface area contributed by atoms with Crippen molar-refractivity contribution in [1.82, 2.24) is 0 Å². The lowest BCUT2D eigenvalue weighted by Gasteiger charge is -2.26. The molecule has 0 saturated heterocycles. The Morgan fingerprint density at radius 1 is 0.667 bits per heavy atom. The molecule has 0 unspecified atom stereocenters. The summed E-state index contributed by atoms with van der Waals surface area (Å²) in [6.45, 7) is -0.693. The van der Waals surface area contributed by atoms with Gasteiger partial charge in [-0.2, -0.15) is 0 Å². The number of hydrogen-bond acceptors (Lipinski definition) is 3. The van der Waals surface area contributed by atoms with Crippen LogP contribution in [0, 0.1) is 0 Å². The van der Waals surface area contributed by atoms with Gasteiger partial charge in [0, 0.05) is 8.22 Å². The first-order chi connectivity index (χ1) is 8.49. The van der Waals surface area contributed by atoms with Gasteiger partial charge < -0.3 is 0 Å². The van der Waals surface area contributed by atoms with Crippen LogP contribution in [0.1, 0.15) is 8.22 Å². The largest absolute Gasteiger partial charge is 0.242 e. The maximum absolute atomic E-state index is 7.59. The molecule has 3 nitrogen and oxygen atoms in total. The predicted octanol–water partition coefficient (Wildman–Crippen LogP) is 4.13. The maximum Gasteiger partial charge on any atom is 0.0750 e. The second kappa shape index (κ2) is 2.84. The zero-order chi connectivity index (χ0) is 13.9. The average molecular weight is 231 g/mol. The van der Waals surface area contributed by atoms with E-state index in [1.165, 1.54) is 0 Å². The van der Waals surface area contributed by atoms with E-state index in [1.807, 2.05) is 0 Å². The van der Waals surface area contributed by atoms with E-state index in [4.69, 9.17) is 8.22 Å². The van der Waals surface area contributed by atoms with Gasteiger partial charge in [-0.3, -0.25) is 0 Å². The predicted molar refractivity (Wildman–Crippen MR) is 63.6 cm³/mol. The first kappa shape index (κ1) is 4.96. The minimum Gasteiger partial charge on any atom is -0.242 e. The quantitative estimate of drug-likeness (QED) is 0.562. The molecule has 0 N–H and O–H groups in total. The van der Waals surface area contributed by atoms with Gasteiger partial charge >= 0.3 is 0 Å². The lowest BCUT2D eigenvalue weighted by molar-refractivity contribution is 1.61. The Balaban J connectivity index is 3.63. The zero-order valence-corrected chi connectivity index (χ0v) is 9.61. The van der Waals surface area contributed by atoms with E-state index in [-0.39, 0.29) is 39.8 Å². The minimum absolute atomic E-state index is 0.116. The van der Waals surface area contributed by atoms with Crippen molar-refractivity contribution < 1.29 is 8.22 Å². The molecular formula is C6H18N3P3. The van der Waals surface area contributed by atoms with Crippen molar-refractivity contribution in [2.24, 2.45) is 13.5 Å². The van der Waals surface area contributed by atoms with Crippen LogP contribution >= 0.6 is 21.6 Å². The Hall–Kier alpha value is 0.690. The summed E-state index contributed by atoms with van der Waals surface area (Å²) in [5.74, 6) is 0. The molecule has 6 heteroatoms. The van der Waals surface area contributed by atoms with Crippen LogP contribution in [-0.2, 0) is 0 Å². The van der Waals surface area contributed by atoms with Crippen LogP contribution in [0.5, 0.6) is 0 Å². The molecule has 1 rings (SSSR count). The first-order valence-electron chi connectivity index (χ1n) is 7.34. The Morgan fingerprint density at radius 3 is 1.08 bits per heavy atom. The fraction of sp³-hybridized carbons (Fsp3) is 1.00. The molecule has 0 aliphatic carbocycles. The van der Waals surface area contributed by atoms with E-state index >= 15 is 0 Å². The number of rotatable bonds is 0. The average Bonchev–Trinajstić information content (AvgIpc) is 2.46. The van der Waals surface area contributed by atoms with E-state index in [0.717, 1.165) is 0 Å². The monoisotopic (exact) mass is 231 g/mol. The molecule has 0 aromatic heterocycles. The molecule has 1 heterocycles. The van der Waals surface area contributed by atoms with Crippen molar-refractivity contribution in [3.8, 4) is 0 Å². The van der Waals surface area contributed by atoms with E-state index in [9.17, 15) is 0 Å². The van der Waals surface area contributed by atoms with Crippen LogP contribution in [0.25, 0.3) is 0 Å². The summed E-state index contributed by atoms with van der Waals surface area (Å²) in [6, 6.07) is 0. The molecule has 0 aromatic carbocycles. The van der Waals surface area contributed by atoms with Crippen LogP contribution in [-0.4, -0.2) is 39.8 Å². The Bertz CT molecular complexity index is 356. The minimum atomic E-state index is -2.55. The van der Waals surface area contributed by atoms with Crippen molar-refractivity contribution >= 4 is 21.6 Å². The summed E-state index contributed by atoms with van der Waals surface area (Å²) >= 11 is 0. The van der Waals surface area contributed by atoms with Crippen LogP contribution in [0.2, 0.25) is 0 Å². The van der Waals surface area contributed by atoms with Gasteiger partial charge in [0.1, 0.15) is 0 Å². The van der Waals surface area contributed by atoms with Crippen LogP contribution in [0.15, 0.2) is 13.5 Å². The van der Waals surface area contributed by atoms with Crippen LogP contribution < -0.4 is 0 Å². The topological polar surface area (TPSA) is 37.1 Å². The maximum atomic E-state index is 7.59. The lowest BCUT2D eigenvalue weighted by atomic mass is 11.9. The SMILES string of the molecule is [2H]CP1(C[2H])=NP(C[2H])(C[2H])=NP(C[2H])(C[2H])=N1. The molecule has 0 spiro atoms. The van der Waals surface area contributed by atoms with E-state index < -0.39 is 21.6 Å². The smallest absolute Gasteiger partial charge is 0.0750 e. The van der Waals surface area contributed by atoms with Gasteiger partial charge in [0.05, 0.1) is 21.6 Å². The summed E-state index contributed by atoms with van der Waals surface area (Å²) < 4.78 is 58.8. The van der Waals surface area contributed by atoms with Crippen LogP contribution in [0.3, 0.4) is 0 Å². The zero-order valence-electron chi connectivity index (χ0n) is 12.9. The summed E-state index contributed by atoms with van der Waals surface area (Å²) in [5.41, 5.74) is 0. The third kappa shape index (κ3) is 2.87. The van der Waals surface area contributed by atoms with Gasteiger partial charge in [-0.25, -0.2) is 13.5 Å². The molecule has 12 heavy (non-hydrogen) atoms. The van der Waals surface area contributed by atoms with Crippen molar-refractivity contribution in [2.45, 2.75) is 0 Å². The van der Waals surface area contributed by atoms with Gasteiger partial charge in [0.2, 0.25) is 0 Å². The fourth-order valence-electron chi connectivity index (χ4n) is 0.983. The summed E-state index contributed by atoms with van der Waals surface area (Å²) in [6.07, 6.45) is 0. The summed E-state index contributed by atoms with van der Waals surface area (Å²) in [4.78, 5) is 0. The second-order valence-corrected chi connectivity index (χ2v) is 10.3. The van der Waals surface area contributed by atoms with Crippen molar-refractivity contribution in [2.75, 3.05) is 39.8 Å². The molecule has 1 aliphatic rings. The first-order valence-corrected chi connectivity index (χ1v) is 9.29. The molecule has 0 amide bonds. The third-order valence-electron chi connectivity index (χ3n) is 0.999. The van der Waals surface area contributed by atoms with Gasteiger partial charge in [0.25, 0.3) is 0 Å². The Labute approximate surface area is 84.1 Å². The fourth-order valence-corrected chi connectivity index (χ4v) is 9.82. The van der Waals surface area contributed by atoms with E-state index in [2.05, 4.69) is 13.5 Å². The normalized spacial score (nSPS) is 36.0. The summed E-state index contributed by atoms with van der Waals surface area (Å²) in [7, 11) is -7.66. The molecule has 1 aliphatic heterocycles. The van der Waals surface area contributed by atoms with Gasteiger partial charge in [-0.15, -0.1) is 0 Å². The Kier molecular flexibility index (Phi) is 1.17. The third-order valence-corrected chi connectivity index (χ3v) is 8.99. The molecule has 72 valence electrons. The highest BCUT2D eigenvalue weighted by molar-refractivity contribution is 7.85. The van der Waals surface area contributed by atoms with Crippen molar-refractivity contribution in [1.29, 1.82) is 0 Å². The van der Waals surface area contributed by atoms with Gasteiger partial charge in [0.15, 0.2) is 0 Å². The molecular weight excluding hydrogens is 207 g/mol. The Morgan fingerprint density at radius 2 is 0.917 bits per heavy atom. The second-order valence-electron chi connectivity index (χ2n) is 2.90. The standard InChI is InChI=1S/C6H18N3P3/c1-10(2)7-11(3,4)9-12(5,6)8-10/h1-6H3/i1D,2D,3D,4D,5D,6D. The van der Waals surface area contributed by atoms with Gasteiger partial charge in [-0.1, -0.05) is 0 Å². The van der Waals surface area contributed by atoms with Crippen molar-refractivity contribution in [3.05, 3.63) is 0 Å². The number of hydrogen-bond donors (Lipinski definition) is 0. The highest BCUT2D eigenvalue weighted by Crippen LogP contribution is 2.71. The highest BCUT2D eigenvalue weighted by Gasteiger charge is 2.19. The van der Waals surface area contributed by atoms with E-state index in [0.29, 0.717) is 0 Å². The molecule has 0 bridgehead atoms. The molecule has 0 saturated carbocycles.